The number of aryl methyl sites for hydroxylation is 1. The number of anilines is 1. The molecule has 2 aromatic carbocycles. The number of hydrogen-bond donors (Lipinski definition) is 1. The molecular weight excluding hydrogens is 554 g/mol. The molecule has 1 N–H and O–H groups in total. The van der Waals surface area contributed by atoms with E-state index in [1.807, 2.05) is 39.8 Å². The number of alkyl halides is 6. The third kappa shape index (κ3) is 7.87. The number of nitrogens with zero attached hydrogens (tertiary/aromatic N) is 3. The highest BCUT2D eigenvalue weighted by Crippen LogP contribution is 2.36. The molecule has 41 heavy (non-hydrogen) atoms. The number of ether oxygens (including phenoxy) is 1. The highest BCUT2D eigenvalue weighted by molar-refractivity contribution is 5.99. The lowest BCUT2D eigenvalue weighted by molar-refractivity contribution is -0.143. The normalized spacial score (nSPS) is 12.4. The number of para-hydroxylation sites is 1. The van der Waals surface area contributed by atoms with E-state index in [4.69, 9.17) is 4.74 Å². The summed E-state index contributed by atoms with van der Waals surface area (Å²) in [6, 6.07) is 9.54. The van der Waals surface area contributed by atoms with Crippen LogP contribution in [0.2, 0.25) is 0 Å². The van der Waals surface area contributed by atoms with Crippen LogP contribution in [0.3, 0.4) is 0 Å². The van der Waals surface area contributed by atoms with E-state index in [1.165, 1.54) is 11.8 Å². The lowest BCUT2D eigenvalue weighted by atomic mass is 9.92. The first-order valence-electron chi connectivity index (χ1n) is 12.5. The quantitative estimate of drug-likeness (QED) is 0.318. The topological polar surface area (TPSA) is 76.5 Å². The number of halogens is 6. The molecule has 0 atom stereocenters. The van der Waals surface area contributed by atoms with Crippen LogP contribution in [0.25, 0.3) is 5.69 Å². The maximum absolute atomic E-state index is 13.4. The molecule has 0 spiro atoms. The van der Waals surface area contributed by atoms with Gasteiger partial charge in [0.15, 0.2) is 0 Å². The van der Waals surface area contributed by atoms with Crippen molar-refractivity contribution in [3.8, 4) is 5.69 Å². The number of hydrogen-bond acceptors (Lipinski definition) is 4. The van der Waals surface area contributed by atoms with Crippen molar-refractivity contribution in [1.29, 1.82) is 0 Å². The van der Waals surface area contributed by atoms with Gasteiger partial charge in [-0.1, -0.05) is 39.0 Å². The molecule has 0 unspecified atom stereocenters. The SMILES string of the molecule is COCCN(CC(=O)Nc1cc(C(C)(C)C)nn1-c1ccccc1C)C(=O)c1cc(C(F)(F)F)cc(C(F)(F)F)c1. The number of carbonyl (C=O) groups excluding carboxylic acids is 2. The van der Waals surface area contributed by atoms with Crippen molar-refractivity contribution in [2.24, 2.45) is 0 Å². The summed E-state index contributed by atoms with van der Waals surface area (Å²) in [5.74, 6) is -1.67. The van der Waals surface area contributed by atoms with Crippen molar-refractivity contribution in [2.45, 2.75) is 45.5 Å². The van der Waals surface area contributed by atoms with E-state index in [0.717, 1.165) is 10.5 Å². The van der Waals surface area contributed by atoms with Crippen molar-refractivity contribution in [3.63, 3.8) is 0 Å². The van der Waals surface area contributed by atoms with Gasteiger partial charge >= 0.3 is 12.4 Å². The fourth-order valence-corrected chi connectivity index (χ4v) is 3.89. The van der Waals surface area contributed by atoms with Gasteiger partial charge in [0.25, 0.3) is 5.91 Å². The number of carbonyl (C=O) groups is 2. The van der Waals surface area contributed by atoms with E-state index in [9.17, 15) is 35.9 Å². The molecule has 1 heterocycles. The number of nitrogens with one attached hydrogen (secondary N) is 1. The lowest BCUT2D eigenvalue weighted by Crippen LogP contribution is -2.40. The molecule has 3 aromatic rings. The minimum absolute atomic E-state index is 0.0670. The van der Waals surface area contributed by atoms with Crippen LogP contribution in [0.1, 0.15) is 53.5 Å². The number of benzene rings is 2. The van der Waals surface area contributed by atoms with Crippen LogP contribution in [-0.4, -0.2) is 53.3 Å². The lowest BCUT2D eigenvalue weighted by Gasteiger charge is -2.23. The minimum atomic E-state index is -5.14. The summed E-state index contributed by atoms with van der Waals surface area (Å²) >= 11 is 0. The molecule has 0 aliphatic carbocycles. The second-order valence-corrected chi connectivity index (χ2v) is 10.4. The zero-order valence-corrected chi connectivity index (χ0v) is 23.1. The van der Waals surface area contributed by atoms with Gasteiger partial charge in [0.05, 0.1) is 29.1 Å². The van der Waals surface area contributed by atoms with Gasteiger partial charge in [-0.2, -0.15) is 31.4 Å². The zero-order valence-electron chi connectivity index (χ0n) is 23.1. The Labute approximate surface area is 233 Å². The minimum Gasteiger partial charge on any atom is -0.383 e. The average Bonchev–Trinajstić information content (AvgIpc) is 3.29. The molecule has 0 aliphatic heterocycles. The summed E-state index contributed by atoms with van der Waals surface area (Å²) < 4.78 is 86.6. The number of methoxy groups -OCH3 is 1. The Hall–Kier alpha value is -3.87. The first-order chi connectivity index (χ1) is 18.9. The first kappa shape index (κ1) is 31.7. The fourth-order valence-electron chi connectivity index (χ4n) is 3.89. The van der Waals surface area contributed by atoms with Crippen molar-refractivity contribution < 1.29 is 40.7 Å². The van der Waals surface area contributed by atoms with Crippen LogP contribution in [0.5, 0.6) is 0 Å². The van der Waals surface area contributed by atoms with Gasteiger partial charge in [0.1, 0.15) is 12.4 Å². The third-order valence-corrected chi connectivity index (χ3v) is 6.11. The second kappa shape index (κ2) is 11.9. The molecule has 1 aromatic heterocycles. The summed E-state index contributed by atoms with van der Waals surface area (Å²) in [4.78, 5) is 27.2. The van der Waals surface area contributed by atoms with Gasteiger partial charge in [-0.15, -0.1) is 0 Å². The standard InChI is InChI=1S/C28H30F6N4O3/c1-17-8-6-7-9-21(17)38-23(15-22(36-38)26(2,3)4)35-24(39)16-37(10-11-41-5)25(40)18-12-19(27(29,30)31)14-20(13-18)28(32,33)34/h6-9,12-15H,10-11,16H2,1-5H3,(H,35,39). The molecule has 0 aliphatic rings. The highest BCUT2D eigenvalue weighted by Gasteiger charge is 2.38. The summed E-state index contributed by atoms with van der Waals surface area (Å²) in [5.41, 5.74) is -2.36. The van der Waals surface area contributed by atoms with E-state index in [2.05, 4.69) is 10.4 Å². The zero-order chi connectivity index (χ0) is 30.8. The molecule has 0 saturated heterocycles. The van der Waals surface area contributed by atoms with Crippen molar-refractivity contribution >= 4 is 17.6 Å². The average molecular weight is 585 g/mol. The Morgan fingerprint density at radius 3 is 2.05 bits per heavy atom. The van der Waals surface area contributed by atoms with Crippen LogP contribution >= 0.6 is 0 Å². The Kier molecular flexibility index (Phi) is 9.21. The monoisotopic (exact) mass is 584 g/mol. The maximum atomic E-state index is 13.4. The first-order valence-corrected chi connectivity index (χ1v) is 12.5. The Morgan fingerprint density at radius 1 is 0.951 bits per heavy atom. The Morgan fingerprint density at radius 2 is 1.54 bits per heavy atom. The van der Waals surface area contributed by atoms with E-state index < -0.39 is 52.8 Å². The van der Waals surface area contributed by atoms with E-state index in [1.54, 1.807) is 18.2 Å². The van der Waals surface area contributed by atoms with Gasteiger partial charge in [0, 0.05) is 30.7 Å². The Bertz CT molecular complexity index is 1370. The molecule has 3 rings (SSSR count). The maximum Gasteiger partial charge on any atom is 0.416 e. The van der Waals surface area contributed by atoms with Crippen molar-refractivity contribution in [1.82, 2.24) is 14.7 Å². The van der Waals surface area contributed by atoms with Crippen LogP contribution in [-0.2, 0) is 27.3 Å². The van der Waals surface area contributed by atoms with E-state index in [0.29, 0.717) is 23.5 Å². The van der Waals surface area contributed by atoms with Crippen molar-refractivity contribution in [3.05, 3.63) is 76.5 Å². The van der Waals surface area contributed by atoms with E-state index >= 15 is 0 Å². The summed E-state index contributed by atoms with van der Waals surface area (Å²) in [6.45, 7) is 6.57. The van der Waals surface area contributed by atoms with Gasteiger partial charge in [-0.3, -0.25) is 9.59 Å². The van der Waals surface area contributed by atoms with Crippen molar-refractivity contribution in [2.75, 3.05) is 32.1 Å². The predicted octanol–water partition coefficient (Wildman–Crippen LogP) is 6.24. The van der Waals surface area contributed by atoms with Crippen LogP contribution in [0, 0.1) is 6.92 Å². The smallest absolute Gasteiger partial charge is 0.383 e. The second-order valence-electron chi connectivity index (χ2n) is 10.4. The Balaban J connectivity index is 1.96. The molecule has 0 saturated carbocycles. The number of rotatable bonds is 8. The molecule has 0 radical (unpaired) electrons. The fraction of sp³-hybridized carbons (Fsp3) is 0.393. The van der Waals surface area contributed by atoms with E-state index in [-0.39, 0.29) is 25.0 Å². The largest absolute Gasteiger partial charge is 0.416 e. The van der Waals surface area contributed by atoms with Gasteiger partial charge in [-0.05, 0) is 36.8 Å². The third-order valence-electron chi connectivity index (χ3n) is 6.11. The molecule has 0 bridgehead atoms. The number of amides is 2. The molecule has 7 nitrogen and oxygen atoms in total. The highest BCUT2D eigenvalue weighted by atomic mass is 19.4. The summed E-state index contributed by atoms with van der Waals surface area (Å²) in [6.07, 6.45) is -10.3. The van der Waals surface area contributed by atoms with Crippen LogP contribution in [0.15, 0.2) is 48.5 Å². The van der Waals surface area contributed by atoms with Gasteiger partial charge in [-0.25, -0.2) is 4.68 Å². The molecule has 2 amide bonds. The summed E-state index contributed by atoms with van der Waals surface area (Å²) in [7, 11) is 1.30. The predicted molar refractivity (Wildman–Crippen MR) is 140 cm³/mol. The van der Waals surface area contributed by atoms with Gasteiger partial charge < -0.3 is 15.0 Å². The van der Waals surface area contributed by atoms with Crippen LogP contribution < -0.4 is 5.32 Å². The van der Waals surface area contributed by atoms with Crippen LogP contribution in [0.4, 0.5) is 32.2 Å². The molecular formula is C28H30F6N4O3. The summed E-state index contributed by atoms with van der Waals surface area (Å²) in [5, 5.41) is 7.31. The molecule has 13 heteroatoms. The molecule has 222 valence electrons. The van der Waals surface area contributed by atoms with Gasteiger partial charge in [0.2, 0.25) is 5.91 Å². The molecule has 0 fully saturated rings. The number of aromatic nitrogens is 2.